The molecule has 0 saturated heterocycles. The molecule has 2 bridgehead atoms. The van der Waals surface area contributed by atoms with Gasteiger partial charge in [0.2, 0.25) is 5.91 Å². The second kappa shape index (κ2) is 6.83. The fourth-order valence-corrected chi connectivity index (χ4v) is 4.81. The molecule has 1 aromatic carbocycles. The summed E-state index contributed by atoms with van der Waals surface area (Å²) < 4.78 is 11.3. The van der Waals surface area contributed by atoms with Crippen LogP contribution in [-0.4, -0.2) is 19.1 Å². The maximum atomic E-state index is 12.3. The summed E-state index contributed by atoms with van der Waals surface area (Å²) in [6.07, 6.45) is 6.79. The van der Waals surface area contributed by atoms with Crippen molar-refractivity contribution < 1.29 is 14.3 Å². The molecule has 2 aliphatic carbocycles. The molecular formula is C19H24ClNO3. The number of hydrogen-bond acceptors (Lipinski definition) is 3. The summed E-state index contributed by atoms with van der Waals surface area (Å²) in [6.45, 7) is 1.73. The van der Waals surface area contributed by atoms with Crippen molar-refractivity contribution in [2.75, 3.05) is 13.2 Å². The third-order valence-electron chi connectivity index (χ3n) is 5.68. The molecule has 1 aromatic rings. The highest BCUT2D eigenvalue weighted by atomic mass is 35.5. The Labute approximate surface area is 147 Å². The first kappa shape index (κ1) is 16.1. The highest BCUT2D eigenvalue weighted by Crippen LogP contribution is 2.49. The van der Waals surface area contributed by atoms with Gasteiger partial charge in [-0.2, -0.15) is 0 Å². The van der Waals surface area contributed by atoms with Crippen molar-refractivity contribution in [3.05, 3.63) is 22.7 Å². The molecule has 5 heteroatoms. The average Bonchev–Trinajstić information content (AvgIpc) is 3.09. The van der Waals surface area contributed by atoms with Crippen LogP contribution >= 0.6 is 11.6 Å². The first-order chi connectivity index (χ1) is 11.7. The van der Waals surface area contributed by atoms with Crippen LogP contribution in [0.15, 0.2) is 12.1 Å². The Morgan fingerprint density at radius 2 is 2.08 bits per heavy atom. The summed E-state index contributed by atoms with van der Waals surface area (Å²) in [6, 6.07) is 3.78. The lowest BCUT2D eigenvalue weighted by atomic mass is 9.86. The van der Waals surface area contributed by atoms with Crippen LogP contribution in [0, 0.1) is 17.8 Å². The Balaban J connectivity index is 1.34. The van der Waals surface area contributed by atoms with E-state index >= 15 is 0 Å². The summed E-state index contributed by atoms with van der Waals surface area (Å²) in [5.41, 5.74) is 0.950. The normalized spacial score (nSPS) is 27.8. The molecule has 1 aliphatic heterocycles. The van der Waals surface area contributed by atoms with Gasteiger partial charge in [-0.05, 0) is 54.7 Å². The zero-order valence-corrected chi connectivity index (χ0v) is 14.6. The van der Waals surface area contributed by atoms with Crippen LogP contribution in [0.4, 0.5) is 0 Å². The Hall–Kier alpha value is -1.42. The van der Waals surface area contributed by atoms with E-state index in [4.69, 9.17) is 21.1 Å². The first-order valence-corrected chi connectivity index (χ1v) is 9.41. The van der Waals surface area contributed by atoms with E-state index in [1.165, 1.54) is 25.7 Å². The Bertz CT molecular complexity index is 633. The molecule has 0 unspecified atom stereocenters. The Morgan fingerprint density at radius 1 is 1.21 bits per heavy atom. The summed E-state index contributed by atoms with van der Waals surface area (Å²) in [7, 11) is 0. The van der Waals surface area contributed by atoms with Gasteiger partial charge in [0.15, 0.2) is 11.5 Å². The van der Waals surface area contributed by atoms with Gasteiger partial charge in [-0.3, -0.25) is 4.79 Å². The minimum absolute atomic E-state index is 0.149. The molecule has 0 aromatic heterocycles. The van der Waals surface area contributed by atoms with Gasteiger partial charge < -0.3 is 14.8 Å². The summed E-state index contributed by atoms with van der Waals surface area (Å²) in [5, 5.41) is 3.59. The Kier molecular flexibility index (Phi) is 4.57. The van der Waals surface area contributed by atoms with E-state index in [2.05, 4.69) is 5.32 Å². The van der Waals surface area contributed by atoms with Gasteiger partial charge in [-0.1, -0.05) is 18.0 Å². The highest BCUT2D eigenvalue weighted by Gasteiger charge is 2.40. The predicted octanol–water partition coefficient (Wildman–Crippen LogP) is 3.94. The number of nitrogens with one attached hydrogen (secondary N) is 1. The van der Waals surface area contributed by atoms with E-state index < -0.39 is 0 Å². The zero-order valence-electron chi connectivity index (χ0n) is 13.9. The minimum atomic E-state index is 0.149. The average molecular weight is 350 g/mol. The zero-order chi connectivity index (χ0) is 16.5. The van der Waals surface area contributed by atoms with Gasteiger partial charge in [0.1, 0.15) is 0 Å². The SMILES string of the molecule is O=C(C[C@@H]1C[C@@H]2CC[C@@H]1C2)NCc1cc(Cl)c2c(c1)OCCCO2. The van der Waals surface area contributed by atoms with Gasteiger partial charge in [0.05, 0.1) is 18.2 Å². The lowest BCUT2D eigenvalue weighted by Crippen LogP contribution is -2.26. The standard InChI is InChI=1S/C19H24ClNO3/c20-16-8-13(9-17-19(16)24-5-1-4-23-17)11-21-18(22)10-15-7-12-2-3-14(15)6-12/h8-9,12,14-15H,1-7,10-11H2,(H,21,22)/t12-,14-,15+/m1/s1. The summed E-state index contributed by atoms with van der Waals surface area (Å²) >= 11 is 6.30. The van der Waals surface area contributed by atoms with Crippen LogP contribution in [-0.2, 0) is 11.3 Å². The molecule has 2 saturated carbocycles. The van der Waals surface area contributed by atoms with Gasteiger partial charge in [0, 0.05) is 19.4 Å². The second-order valence-electron chi connectivity index (χ2n) is 7.37. The maximum Gasteiger partial charge on any atom is 0.220 e. The van der Waals surface area contributed by atoms with Crippen molar-refractivity contribution in [3.8, 4) is 11.5 Å². The fourth-order valence-electron chi connectivity index (χ4n) is 4.52. The van der Waals surface area contributed by atoms with E-state index in [1.54, 1.807) is 0 Å². The number of carbonyl (C=O) groups is 1. The highest BCUT2D eigenvalue weighted by molar-refractivity contribution is 6.32. The van der Waals surface area contributed by atoms with E-state index in [0.717, 1.165) is 23.8 Å². The van der Waals surface area contributed by atoms with Crippen molar-refractivity contribution >= 4 is 17.5 Å². The molecule has 3 atom stereocenters. The second-order valence-corrected chi connectivity index (χ2v) is 7.78. The number of ether oxygens (including phenoxy) is 2. The molecule has 0 spiro atoms. The van der Waals surface area contributed by atoms with Crippen LogP contribution in [0.5, 0.6) is 11.5 Å². The van der Waals surface area contributed by atoms with Crippen molar-refractivity contribution in [2.24, 2.45) is 17.8 Å². The van der Waals surface area contributed by atoms with Crippen molar-refractivity contribution in [3.63, 3.8) is 0 Å². The molecule has 0 radical (unpaired) electrons. The molecule has 4 rings (SSSR count). The maximum absolute atomic E-state index is 12.3. The predicted molar refractivity (Wildman–Crippen MR) is 92.5 cm³/mol. The Morgan fingerprint density at radius 3 is 2.88 bits per heavy atom. The van der Waals surface area contributed by atoms with Gasteiger partial charge in [-0.15, -0.1) is 0 Å². The smallest absolute Gasteiger partial charge is 0.220 e. The van der Waals surface area contributed by atoms with E-state index in [0.29, 0.717) is 48.6 Å². The van der Waals surface area contributed by atoms with Gasteiger partial charge in [-0.25, -0.2) is 0 Å². The summed E-state index contributed by atoms with van der Waals surface area (Å²) in [4.78, 5) is 12.3. The van der Waals surface area contributed by atoms with Crippen LogP contribution in [0.25, 0.3) is 0 Å². The van der Waals surface area contributed by atoms with Crippen LogP contribution in [0.3, 0.4) is 0 Å². The molecule has 1 heterocycles. The van der Waals surface area contributed by atoms with Gasteiger partial charge >= 0.3 is 0 Å². The van der Waals surface area contributed by atoms with Crippen LogP contribution in [0.2, 0.25) is 5.02 Å². The number of carbonyl (C=O) groups excluding carboxylic acids is 1. The van der Waals surface area contributed by atoms with E-state index in [9.17, 15) is 4.79 Å². The number of benzene rings is 1. The fraction of sp³-hybridized carbons (Fsp3) is 0.632. The topological polar surface area (TPSA) is 47.6 Å². The van der Waals surface area contributed by atoms with Crippen molar-refractivity contribution in [2.45, 2.75) is 45.1 Å². The van der Waals surface area contributed by atoms with Crippen LogP contribution < -0.4 is 14.8 Å². The quantitative estimate of drug-likeness (QED) is 0.895. The first-order valence-electron chi connectivity index (χ1n) is 9.04. The number of fused-ring (bicyclic) bond motifs is 3. The molecule has 1 amide bonds. The lowest BCUT2D eigenvalue weighted by molar-refractivity contribution is -0.122. The van der Waals surface area contributed by atoms with Crippen molar-refractivity contribution in [1.82, 2.24) is 5.32 Å². The lowest BCUT2D eigenvalue weighted by Gasteiger charge is -2.21. The molecule has 2 fully saturated rings. The molecule has 130 valence electrons. The third kappa shape index (κ3) is 3.34. The molecule has 24 heavy (non-hydrogen) atoms. The van der Waals surface area contributed by atoms with Crippen LogP contribution in [0.1, 0.15) is 44.1 Å². The molecular weight excluding hydrogens is 326 g/mol. The third-order valence-corrected chi connectivity index (χ3v) is 5.96. The monoisotopic (exact) mass is 349 g/mol. The number of hydrogen-bond donors (Lipinski definition) is 1. The largest absolute Gasteiger partial charge is 0.489 e. The van der Waals surface area contributed by atoms with E-state index in [1.807, 2.05) is 12.1 Å². The van der Waals surface area contributed by atoms with Crippen molar-refractivity contribution in [1.29, 1.82) is 0 Å². The number of halogens is 1. The van der Waals surface area contributed by atoms with Gasteiger partial charge in [0.25, 0.3) is 0 Å². The molecule has 4 nitrogen and oxygen atoms in total. The number of amides is 1. The van der Waals surface area contributed by atoms with E-state index in [-0.39, 0.29) is 5.91 Å². The summed E-state index contributed by atoms with van der Waals surface area (Å²) in [5.74, 6) is 3.71. The molecule has 1 N–H and O–H groups in total. The molecule has 3 aliphatic rings. The number of rotatable bonds is 4. The minimum Gasteiger partial charge on any atom is -0.489 e.